The summed E-state index contributed by atoms with van der Waals surface area (Å²) in [5.74, 6) is 0.136. The van der Waals surface area contributed by atoms with Gasteiger partial charge in [-0.05, 0) is 38.0 Å². The molecular formula is C18H19N5O4S. The lowest BCUT2D eigenvalue weighted by molar-refractivity contribution is -0.113. The molecule has 9 nitrogen and oxygen atoms in total. The second-order valence-electron chi connectivity index (χ2n) is 6.23. The number of hydrogen-bond acceptors (Lipinski definition) is 7. The van der Waals surface area contributed by atoms with Gasteiger partial charge in [0.2, 0.25) is 11.8 Å². The van der Waals surface area contributed by atoms with Crippen molar-refractivity contribution in [3.63, 3.8) is 0 Å². The Labute approximate surface area is 164 Å². The van der Waals surface area contributed by atoms with Crippen molar-refractivity contribution in [2.45, 2.75) is 32.4 Å². The molecule has 3 N–H and O–H groups in total. The van der Waals surface area contributed by atoms with Crippen LogP contribution in [0.5, 0.6) is 0 Å². The Balaban J connectivity index is 1.61. The summed E-state index contributed by atoms with van der Waals surface area (Å²) in [5.41, 5.74) is 2.59. The Morgan fingerprint density at radius 2 is 1.96 bits per heavy atom. The molecule has 0 aliphatic rings. The highest BCUT2D eigenvalue weighted by Gasteiger charge is 2.14. The van der Waals surface area contributed by atoms with E-state index in [-0.39, 0.29) is 29.2 Å². The van der Waals surface area contributed by atoms with Crippen LogP contribution in [0.3, 0.4) is 0 Å². The van der Waals surface area contributed by atoms with Gasteiger partial charge in [-0.2, -0.15) is 0 Å². The van der Waals surface area contributed by atoms with Crippen molar-refractivity contribution < 1.29 is 9.21 Å². The number of nitrogens with one attached hydrogen (secondary N) is 3. The van der Waals surface area contributed by atoms with Crippen molar-refractivity contribution >= 4 is 23.4 Å². The van der Waals surface area contributed by atoms with Crippen LogP contribution in [0.4, 0.5) is 5.69 Å². The number of rotatable bonds is 6. The largest absolute Gasteiger partial charge is 0.416 e. The maximum atomic E-state index is 12.2. The van der Waals surface area contributed by atoms with Crippen LogP contribution >= 0.6 is 11.8 Å². The molecule has 0 saturated carbocycles. The third kappa shape index (κ3) is 4.58. The minimum absolute atomic E-state index is 0.0835. The van der Waals surface area contributed by atoms with E-state index in [2.05, 4.69) is 25.5 Å². The van der Waals surface area contributed by atoms with Gasteiger partial charge in [-0.25, -0.2) is 4.79 Å². The topological polar surface area (TPSA) is 134 Å². The van der Waals surface area contributed by atoms with Crippen molar-refractivity contribution in [1.82, 2.24) is 20.2 Å². The third-order valence-electron chi connectivity index (χ3n) is 4.24. The maximum Gasteiger partial charge on any atom is 0.325 e. The zero-order valence-corrected chi connectivity index (χ0v) is 16.4. The molecule has 2 aromatic heterocycles. The molecule has 28 heavy (non-hydrogen) atoms. The van der Waals surface area contributed by atoms with E-state index in [0.717, 1.165) is 28.6 Å². The van der Waals surface area contributed by atoms with Crippen molar-refractivity contribution in [2.24, 2.45) is 0 Å². The quantitative estimate of drug-likeness (QED) is 0.535. The van der Waals surface area contributed by atoms with Crippen LogP contribution in [0.1, 0.15) is 28.3 Å². The zero-order valence-electron chi connectivity index (χ0n) is 15.6. The number of thioether (sulfide) groups is 1. The second-order valence-corrected chi connectivity index (χ2v) is 7.16. The van der Waals surface area contributed by atoms with Gasteiger partial charge in [0.05, 0.1) is 12.2 Å². The van der Waals surface area contributed by atoms with E-state index < -0.39 is 11.2 Å². The number of aromatic nitrogens is 4. The molecule has 0 fully saturated rings. The first kappa shape index (κ1) is 19.6. The molecule has 3 rings (SSSR count). The molecule has 0 spiro atoms. The molecule has 0 bridgehead atoms. The first-order chi connectivity index (χ1) is 13.3. The molecule has 0 aliphatic carbocycles. The molecule has 2 heterocycles. The number of amides is 1. The van der Waals surface area contributed by atoms with Gasteiger partial charge in [-0.15, -0.1) is 10.2 Å². The highest BCUT2D eigenvalue weighted by atomic mass is 32.2. The molecule has 0 atom stereocenters. The minimum atomic E-state index is -0.567. The lowest BCUT2D eigenvalue weighted by Crippen LogP contribution is -2.27. The zero-order chi connectivity index (χ0) is 20.3. The van der Waals surface area contributed by atoms with Crippen molar-refractivity contribution in [3.8, 4) is 0 Å². The van der Waals surface area contributed by atoms with E-state index in [1.54, 1.807) is 6.92 Å². The van der Waals surface area contributed by atoms with Gasteiger partial charge in [-0.1, -0.05) is 23.9 Å². The lowest BCUT2D eigenvalue weighted by atomic mass is 10.1. The number of hydrogen-bond donors (Lipinski definition) is 3. The summed E-state index contributed by atoms with van der Waals surface area (Å²) < 4.78 is 5.49. The van der Waals surface area contributed by atoms with Crippen LogP contribution in [-0.4, -0.2) is 31.8 Å². The molecular weight excluding hydrogens is 382 g/mol. The summed E-state index contributed by atoms with van der Waals surface area (Å²) >= 11 is 1.10. The third-order valence-corrected chi connectivity index (χ3v) is 5.06. The smallest absolute Gasteiger partial charge is 0.325 e. The number of H-pyrrole nitrogens is 2. The van der Waals surface area contributed by atoms with E-state index in [0.29, 0.717) is 11.3 Å². The van der Waals surface area contributed by atoms with E-state index >= 15 is 0 Å². The Bertz CT molecular complexity index is 1130. The highest BCUT2D eigenvalue weighted by molar-refractivity contribution is 7.99. The van der Waals surface area contributed by atoms with Gasteiger partial charge in [-0.3, -0.25) is 14.6 Å². The number of aryl methyl sites for hydroxylation is 2. The number of benzene rings is 1. The van der Waals surface area contributed by atoms with Crippen LogP contribution in [0.15, 0.2) is 37.4 Å². The Kier molecular flexibility index (Phi) is 5.78. The minimum Gasteiger partial charge on any atom is -0.416 e. The SMILES string of the molecule is Cc1cccc(NC(=O)CSc2nnc(Cc3c(C)[nH]c(=O)[nH]c3=O)o2)c1C. The predicted molar refractivity (Wildman–Crippen MR) is 105 cm³/mol. The molecule has 0 saturated heterocycles. The van der Waals surface area contributed by atoms with Gasteiger partial charge in [0, 0.05) is 16.9 Å². The average Bonchev–Trinajstić information content (AvgIpc) is 3.08. The molecule has 1 aromatic carbocycles. The fourth-order valence-corrected chi connectivity index (χ4v) is 3.14. The average molecular weight is 401 g/mol. The fraction of sp³-hybridized carbons (Fsp3) is 0.278. The molecule has 0 radical (unpaired) electrons. The number of aromatic amines is 2. The van der Waals surface area contributed by atoms with E-state index in [4.69, 9.17) is 4.42 Å². The van der Waals surface area contributed by atoms with Gasteiger partial charge in [0.1, 0.15) is 0 Å². The monoisotopic (exact) mass is 401 g/mol. The fourth-order valence-electron chi connectivity index (χ4n) is 2.56. The molecule has 1 amide bonds. The predicted octanol–water partition coefficient (Wildman–Crippen LogP) is 1.69. The van der Waals surface area contributed by atoms with Crippen molar-refractivity contribution in [3.05, 3.63) is 67.3 Å². The Morgan fingerprint density at radius 1 is 1.18 bits per heavy atom. The summed E-state index contributed by atoms with van der Waals surface area (Å²) in [6.07, 6.45) is 0.0835. The number of carbonyl (C=O) groups excluding carboxylic acids is 1. The van der Waals surface area contributed by atoms with Gasteiger partial charge in [0.15, 0.2) is 0 Å². The van der Waals surface area contributed by atoms with Gasteiger partial charge in [0.25, 0.3) is 10.8 Å². The first-order valence-electron chi connectivity index (χ1n) is 8.47. The van der Waals surface area contributed by atoms with Crippen LogP contribution in [0.2, 0.25) is 0 Å². The van der Waals surface area contributed by atoms with Crippen molar-refractivity contribution in [1.29, 1.82) is 0 Å². The Morgan fingerprint density at radius 3 is 2.71 bits per heavy atom. The van der Waals surface area contributed by atoms with Crippen molar-refractivity contribution in [2.75, 3.05) is 11.1 Å². The first-order valence-corrected chi connectivity index (χ1v) is 9.45. The number of carbonyl (C=O) groups is 1. The normalized spacial score (nSPS) is 10.8. The molecule has 0 unspecified atom stereocenters. The summed E-state index contributed by atoms with van der Waals surface area (Å²) in [4.78, 5) is 40.0. The lowest BCUT2D eigenvalue weighted by Gasteiger charge is -2.09. The summed E-state index contributed by atoms with van der Waals surface area (Å²) in [6.45, 7) is 5.55. The van der Waals surface area contributed by atoms with Gasteiger partial charge < -0.3 is 14.7 Å². The molecule has 0 aliphatic heterocycles. The summed E-state index contributed by atoms with van der Waals surface area (Å²) in [6, 6.07) is 5.71. The maximum absolute atomic E-state index is 12.2. The summed E-state index contributed by atoms with van der Waals surface area (Å²) in [5, 5.41) is 10.9. The van der Waals surface area contributed by atoms with E-state index in [1.807, 2.05) is 32.0 Å². The molecule has 3 aromatic rings. The van der Waals surface area contributed by atoms with Crippen LogP contribution in [0.25, 0.3) is 0 Å². The summed E-state index contributed by atoms with van der Waals surface area (Å²) in [7, 11) is 0. The number of anilines is 1. The van der Waals surface area contributed by atoms with E-state index in [9.17, 15) is 14.4 Å². The van der Waals surface area contributed by atoms with Crippen LogP contribution in [-0.2, 0) is 11.2 Å². The molecule has 146 valence electrons. The van der Waals surface area contributed by atoms with Gasteiger partial charge >= 0.3 is 5.69 Å². The number of nitrogens with zero attached hydrogens (tertiary/aromatic N) is 2. The Hall–Kier alpha value is -3.14. The van der Waals surface area contributed by atoms with Crippen LogP contribution < -0.4 is 16.6 Å². The molecule has 10 heteroatoms. The second kappa shape index (κ2) is 8.26. The van der Waals surface area contributed by atoms with Crippen LogP contribution in [0, 0.1) is 20.8 Å². The van der Waals surface area contributed by atoms with E-state index in [1.165, 1.54) is 0 Å². The highest BCUT2D eigenvalue weighted by Crippen LogP contribution is 2.20. The standard InChI is InChI=1S/C18H19N5O4S/c1-9-5-4-6-13(10(9)2)20-14(24)8-28-18-23-22-15(27-18)7-12-11(3)19-17(26)21-16(12)25/h4-6H,7-8H2,1-3H3,(H,20,24)(H2,19,21,25,26).